The Hall–Kier alpha value is -7.36. The standard InChI is InChI=1S/C71H82ClF3N8O11S3/c1-70(2)31-29-58(51-19-21-53(72)22-20-51)52(43-70)45-81-34-36-82(37-35-81)55-23-17-49(18-24-55)44-77-97(91,92)57-25-26-60(63(42-57)96(89,90)71(73,74)75)78-54(47-95-56-10-5-4-6-11-56)30-33-80(3)65(85)14-7-9-48-15-16-50(41-48)46-94-40-39-93-38-32-76-61-13-8-12-59-66(61)69(88)83(68(59)87)62-27-28-64(84)79-67(62)86/h4-6,8,10-13,15-26,41-42,48,54,62,76-78H,7,9,14,27-40,43-47H2,1-3H3,(H,79,84,86)/t48?,54-,62?/m1/s1. The van der Waals surface area contributed by atoms with Gasteiger partial charge in [0.1, 0.15) is 10.9 Å². The molecule has 518 valence electrons. The summed E-state index contributed by atoms with van der Waals surface area (Å²) in [6.07, 6.45) is 11.0. The molecule has 0 bridgehead atoms. The van der Waals surface area contributed by atoms with E-state index in [0.29, 0.717) is 54.9 Å². The first kappa shape index (κ1) is 72.4. The average Bonchev–Trinajstić information content (AvgIpc) is 1.70. The highest BCUT2D eigenvalue weighted by atomic mass is 35.5. The van der Waals surface area contributed by atoms with Crippen molar-refractivity contribution in [1.82, 2.24) is 24.7 Å². The number of carbonyl (C=O) groups excluding carboxylic acids is 5. The summed E-state index contributed by atoms with van der Waals surface area (Å²) in [5.74, 6) is -2.15. The number of hydrogen-bond acceptors (Lipinski definition) is 16. The van der Waals surface area contributed by atoms with Gasteiger partial charge in [-0.05, 0) is 145 Å². The highest BCUT2D eigenvalue weighted by Crippen LogP contribution is 2.44. The quantitative estimate of drug-likeness (QED) is 0.0183. The van der Waals surface area contributed by atoms with Crippen LogP contribution < -0.4 is 25.6 Å². The third kappa shape index (κ3) is 18.7. The molecule has 2 unspecified atom stereocenters. The van der Waals surface area contributed by atoms with Crippen molar-refractivity contribution in [3.8, 4) is 0 Å². The summed E-state index contributed by atoms with van der Waals surface area (Å²) in [6, 6.07) is 30.5. The van der Waals surface area contributed by atoms with E-state index < -0.39 is 76.6 Å². The number of ether oxygens (including phenoxy) is 2. The first-order valence-electron chi connectivity index (χ1n) is 32.6. The van der Waals surface area contributed by atoms with Gasteiger partial charge in [0, 0.05) is 105 Å². The van der Waals surface area contributed by atoms with Gasteiger partial charge in [-0.3, -0.25) is 39.1 Å². The van der Waals surface area contributed by atoms with Gasteiger partial charge in [-0.1, -0.05) is 97.8 Å². The number of sulfone groups is 1. The van der Waals surface area contributed by atoms with Gasteiger partial charge in [-0.25, -0.2) is 21.6 Å². The maximum absolute atomic E-state index is 14.5. The predicted molar refractivity (Wildman–Crippen MR) is 369 cm³/mol. The molecule has 0 radical (unpaired) electrons. The fourth-order valence-corrected chi connectivity index (χ4v) is 15.9. The van der Waals surface area contributed by atoms with E-state index in [1.54, 1.807) is 31.3 Å². The topological polar surface area (TPSA) is 233 Å². The molecule has 3 heterocycles. The van der Waals surface area contributed by atoms with Crippen molar-refractivity contribution in [3.05, 3.63) is 172 Å². The average molecular weight is 1410 g/mol. The van der Waals surface area contributed by atoms with Crippen molar-refractivity contribution in [1.29, 1.82) is 0 Å². The Bertz CT molecular complexity index is 4020. The van der Waals surface area contributed by atoms with Crippen LogP contribution in [0.1, 0.15) is 103 Å². The van der Waals surface area contributed by atoms with Crippen LogP contribution in [0, 0.1) is 11.3 Å². The van der Waals surface area contributed by atoms with Gasteiger partial charge >= 0.3 is 5.51 Å². The van der Waals surface area contributed by atoms with Gasteiger partial charge in [-0.2, -0.15) is 13.2 Å². The highest BCUT2D eigenvalue weighted by Gasteiger charge is 2.49. The number of imide groups is 2. The van der Waals surface area contributed by atoms with E-state index in [-0.39, 0.29) is 86.1 Å². The van der Waals surface area contributed by atoms with Gasteiger partial charge in [-0.15, -0.1) is 11.8 Å². The summed E-state index contributed by atoms with van der Waals surface area (Å²) in [6.45, 7) is 10.3. The molecule has 2 aliphatic carbocycles. The minimum Gasteiger partial charge on any atom is -0.382 e. The number of nitrogens with zero attached hydrogens (tertiary/aromatic N) is 4. The molecular formula is C71H82ClF3N8O11S3. The zero-order valence-electron chi connectivity index (χ0n) is 54.5. The van der Waals surface area contributed by atoms with Gasteiger partial charge in [0.25, 0.3) is 21.7 Å². The van der Waals surface area contributed by atoms with Crippen molar-refractivity contribution in [3.63, 3.8) is 0 Å². The van der Waals surface area contributed by atoms with Crippen LogP contribution in [-0.2, 0) is 50.3 Å². The van der Waals surface area contributed by atoms with Crippen LogP contribution in [0.4, 0.5) is 30.2 Å². The third-order valence-electron chi connectivity index (χ3n) is 18.2. The minimum absolute atomic E-state index is 0.0239. The molecule has 0 aromatic heterocycles. The number of alkyl halides is 3. The van der Waals surface area contributed by atoms with Crippen molar-refractivity contribution < 1.29 is 63.5 Å². The summed E-state index contributed by atoms with van der Waals surface area (Å²) >= 11 is 7.61. The number of hydrogen-bond donors (Lipinski definition) is 4. The molecule has 19 nitrogen and oxygen atoms in total. The summed E-state index contributed by atoms with van der Waals surface area (Å²) in [5, 5.41) is 9.05. The number of anilines is 3. The molecule has 0 spiro atoms. The number of allylic oxidation sites excluding steroid dienone is 3. The van der Waals surface area contributed by atoms with Crippen LogP contribution >= 0.6 is 23.4 Å². The van der Waals surface area contributed by atoms with E-state index >= 15 is 0 Å². The second-order valence-corrected chi connectivity index (χ2v) is 31.0. The number of carbonyl (C=O) groups is 5. The van der Waals surface area contributed by atoms with Gasteiger partial charge in [0.2, 0.25) is 27.7 Å². The molecule has 5 aromatic rings. The SMILES string of the molecule is CN(CC[C@H](CSc1ccccc1)Nc1ccc(S(=O)(=O)NCc2ccc(N3CCN(CC4=C(c5ccc(Cl)cc5)CCC(C)(C)C4)CC3)cc2)cc1S(=O)(=O)C(F)(F)F)C(=O)CCCC1C=CC(COCCOCCNc2cccc3c2C(=O)N(C2CCC(=O)NC2=O)C3=O)=C1. The fourth-order valence-electron chi connectivity index (χ4n) is 12.7. The van der Waals surface area contributed by atoms with E-state index in [0.717, 1.165) is 85.2 Å². The third-order valence-corrected chi connectivity index (χ3v) is 22.5. The van der Waals surface area contributed by atoms with Gasteiger partial charge in [0.15, 0.2) is 0 Å². The van der Waals surface area contributed by atoms with Crippen LogP contribution in [-0.4, -0.2) is 164 Å². The maximum atomic E-state index is 14.5. The predicted octanol–water partition coefficient (Wildman–Crippen LogP) is 11.1. The summed E-state index contributed by atoms with van der Waals surface area (Å²) < 4.78 is 112. The number of fused-ring (bicyclic) bond motifs is 1. The summed E-state index contributed by atoms with van der Waals surface area (Å²) in [5.41, 5.74) is 1.39. The molecule has 3 atom stereocenters. The Morgan fingerprint density at radius 3 is 2.33 bits per heavy atom. The van der Waals surface area contributed by atoms with Crippen molar-refractivity contribution >= 4 is 95.4 Å². The van der Waals surface area contributed by atoms with E-state index in [1.807, 2.05) is 66.7 Å². The number of amides is 5. The van der Waals surface area contributed by atoms with Crippen LogP contribution in [0.5, 0.6) is 0 Å². The molecule has 2 fully saturated rings. The molecule has 97 heavy (non-hydrogen) atoms. The number of thioether (sulfide) groups is 1. The van der Waals surface area contributed by atoms with E-state index in [2.05, 4.69) is 62.5 Å². The molecule has 5 aromatic carbocycles. The first-order chi connectivity index (χ1) is 46.3. The van der Waals surface area contributed by atoms with Crippen molar-refractivity contribution in [2.45, 2.75) is 110 Å². The maximum Gasteiger partial charge on any atom is 0.501 e. The molecule has 4 N–H and O–H groups in total. The minimum atomic E-state index is -6.10. The lowest BCUT2D eigenvalue weighted by Gasteiger charge is -2.39. The van der Waals surface area contributed by atoms with Crippen molar-refractivity contribution in [2.24, 2.45) is 11.3 Å². The fraction of sp³-hybridized carbons (Fsp3) is 0.423. The largest absolute Gasteiger partial charge is 0.501 e. The molecule has 5 aliphatic rings. The lowest BCUT2D eigenvalue weighted by molar-refractivity contribution is -0.136. The lowest BCUT2D eigenvalue weighted by Crippen LogP contribution is -2.54. The van der Waals surface area contributed by atoms with E-state index in [1.165, 1.54) is 39.4 Å². The van der Waals surface area contributed by atoms with Gasteiger partial charge in [0.05, 0.1) is 48.1 Å². The summed E-state index contributed by atoms with van der Waals surface area (Å²) in [7, 11) is -9.02. The molecule has 0 saturated carbocycles. The van der Waals surface area contributed by atoms with Crippen LogP contribution in [0.3, 0.4) is 0 Å². The zero-order valence-corrected chi connectivity index (χ0v) is 57.7. The Morgan fingerprint density at radius 1 is 0.856 bits per heavy atom. The van der Waals surface area contributed by atoms with Crippen LogP contribution in [0.25, 0.3) is 5.57 Å². The Balaban J connectivity index is 0.671. The molecule has 2 saturated heterocycles. The Labute approximate surface area is 574 Å². The Morgan fingerprint density at radius 2 is 1.60 bits per heavy atom. The second-order valence-electron chi connectivity index (χ2n) is 25.8. The number of piperazine rings is 1. The van der Waals surface area contributed by atoms with Crippen LogP contribution in [0.2, 0.25) is 5.02 Å². The summed E-state index contributed by atoms with van der Waals surface area (Å²) in [4.78, 5) is 70.4. The number of nitrogens with one attached hydrogen (secondary N) is 4. The van der Waals surface area contributed by atoms with Gasteiger partial charge < -0.3 is 29.9 Å². The normalized spacial score (nSPS) is 18.7. The lowest BCUT2D eigenvalue weighted by atomic mass is 9.73. The molecule has 3 aliphatic heterocycles. The van der Waals surface area contributed by atoms with E-state index in [4.69, 9.17) is 21.1 Å². The van der Waals surface area contributed by atoms with E-state index in [9.17, 15) is 54.0 Å². The molecule has 5 amide bonds. The number of piperidine rings is 1. The number of rotatable bonds is 31. The van der Waals surface area contributed by atoms with Crippen LogP contribution in [0.15, 0.2) is 159 Å². The molecule has 10 rings (SSSR count). The molecule has 26 heteroatoms. The Kier molecular flexibility index (Phi) is 24.0. The van der Waals surface area contributed by atoms with Crippen molar-refractivity contribution in [2.75, 3.05) is 101 Å². The first-order valence-corrected chi connectivity index (χ1v) is 36.9. The molecular weight excluding hydrogens is 1330 g/mol. The smallest absolute Gasteiger partial charge is 0.382 e. The number of benzene rings is 5. The monoisotopic (exact) mass is 1410 g/mol. The number of sulfonamides is 1. The highest BCUT2D eigenvalue weighted by molar-refractivity contribution is 7.99. The number of halogens is 4. The zero-order chi connectivity index (χ0) is 69.1. The second kappa shape index (κ2) is 32.1.